The first-order valence-corrected chi connectivity index (χ1v) is 4.52. The summed E-state index contributed by atoms with van der Waals surface area (Å²) in [6, 6.07) is 3.85. The summed E-state index contributed by atoms with van der Waals surface area (Å²) in [5, 5.41) is 7.81. The summed E-state index contributed by atoms with van der Waals surface area (Å²) in [6.07, 6.45) is 0. The Bertz CT molecular complexity index is 353. The summed E-state index contributed by atoms with van der Waals surface area (Å²) in [7, 11) is 0. The normalized spacial score (nSPS) is 10.4. The lowest BCUT2D eigenvalue weighted by Crippen LogP contribution is -1.94. The van der Waals surface area contributed by atoms with Crippen LogP contribution in [0.25, 0.3) is 11.3 Å². The Morgan fingerprint density at radius 3 is 3.08 bits per heavy atom. The topological polar surface area (TPSA) is 52.0 Å². The van der Waals surface area contributed by atoms with E-state index in [4.69, 9.17) is 10.3 Å². The van der Waals surface area contributed by atoms with Gasteiger partial charge in [0.15, 0.2) is 5.76 Å². The smallest absolute Gasteiger partial charge is 0.168 e. The maximum absolute atomic E-state index is 5.40. The first-order chi connectivity index (χ1) is 5.90. The number of nitrogens with zero attached hydrogens (tertiary/aromatic N) is 1. The van der Waals surface area contributed by atoms with Crippen molar-refractivity contribution in [1.29, 1.82) is 0 Å². The zero-order valence-electron chi connectivity index (χ0n) is 6.36. The van der Waals surface area contributed by atoms with Crippen LogP contribution in [0.3, 0.4) is 0 Å². The Balaban J connectivity index is 2.35. The fourth-order valence-corrected chi connectivity index (χ4v) is 1.59. The molecule has 2 rings (SSSR count). The number of thiophene rings is 1. The van der Waals surface area contributed by atoms with E-state index in [1.807, 2.05) is 22.9 Å². The predicted molar refractivity (Wildman–Crippen MR) is 47.7 cm³/mol. The van der Waals surface area contributed by atoms with Crippen LogP contribution in [-0.4, -0.2) is 5.16 Å². The largest absolute Gasteiger partial charge is 0.356 e. The second kappa shape index (κ2) is 3.08. The van der Waals surface area contributed by atoms with Gasteiger partial charge in [0.05, 0.1) is 5.69 Å². The molecule has 0 radical (unpaired) electrons. The summed E-state index contributed by atoms with van der Waals surface area (Å²) in [4.78, 5) is 0. The highest BCUT2D eigenvalue weighted by molar-refractivity contribution is 7.08. The molecule has 3 nitrogen and oxygen atoms in total. The van der Waals surface area contributed by atoms with Gasteiger partial charge >= 0.3 is 0 Å². The highest BCUT2D eigenvalue weighted by atomic mass is 32.1. The lowest BCUT2D eigenvalue weighted by molar-refractivity contribution is 0.424. The van der Waals surface area contributed by atoms with E-state index < -0.39 is 0 Å². The molecule has 2 heterocycles. The van der Waals surface area contributed by atoms with Gasteiger partial charge in [0.2, 0.25) is 0 Å². The molecule has 0 amide bonds. The summed E-state index contributed by atoms with van der Waals surface area (Å²) in [5.41, 5.74) is 7.25. The van der Waals surface area contributed by atoms with Crippen LogP contribution in [0, 0.1) is 0 Å². The van der Waals surface area contributed by atoms with Crippen molar-refractivity contribution in [2.45, 2.75) is 6.54 Å². The van der Waals surface area contributed by atoms with Gasteiger partial charge in [0, 0.05) is 23.6 Å². The van der Waals surface area contributed by atoms with Crippen molar-refractivity contribution in [3.63, 3.8) is 0 Å². The number of rotatable bonds is 2. The van der Waals surface area contributed by atoms with Gasteiger partial charge in [-0.25, -0.2) is 0 Å². The van der Waals surface area contributed by atoms with Crippen LogP contribution in [-0.2, 0) is 6.54 Å². The minimum Gasteiger partial charge on any atom is -0.356 e. The fraction of sp³-hybridized carbons (Fsp3) is 0.125. The Hall–Kier alpha value is -1.13. The second-order valence-corrected chi connectivity index (χ2v) is 3.18. The van der Waals surface area contributed by atoms with Crippen LogP contribution in [0.1, 0.15) is 5.69 Å². The maximum atomic E-state index is 5.40. The van der Waals surface area contributed by atoms with Crippen molar-refractivity contribution in [1.82, 2.24) is 5.16 Å². The van der Waals surface area contributed by atoms with Crippen molar-refractivity contribution >= 4 is 11.3 Å². The molecule has 0 unspecified atom stereocenters. The van der Waals surface area contributed by atoms with E-state index in [1.54, 1.807) is 11.3 Å². The van der Waals surface area contributed by atoms with E-state index in [0.717, 1.165) is 17.0 Å². The lowest BCUT2D eigenvalue weighted by Gasteiger charge is -1.83. The van der Waals surface area contributed by atoms with Gasteiger partial charge in [0.1, 0.15) is 0 Å². The third-order valence-corrected chi connectivity index (χ3v) is 2.26. The molecule has 4 heteroatoms. The molecular weight excluding hydrogens is 172 g/mol. The molecule has 2 aromatic rings. The molecule has 0 bridgehead atoms. The molecule has 0 fully saturated rings. The summed E-state index contributed by atoms with van der Waals surface area (Å²) < 4.78 is 5.08. The maximum Gasteiger partial charge on any atom is 0.168 e. The van der Waals surface area contributed by atoms with E-state index in [0.29, 0.717) is 6.54 Å². The number of aromatic nitrogens is 1. The van der Waals surface area contributed by atoms with Crippen molar-refractivity contribution in [3.05, 3.63) is 28.6 Å². The molecule has 62 valence electrons. The molecule has 0 aliphatic carbocycles. The van der Waals surface area contributed by atoms with Gasteiger partial charge in [-0.05, 0) is 11.4 Å². The molecule has 0 spiro atoms. The summed E-state index contributed by atoms with van der Waals surface area (Å²) >= 11 is 1.63. The van der Waals surface area contributed by atoms with E-state index in [9.17, 15) is 0 Å². The molecule has 2 aromatic heterocycles. The number of hydrogen-bond acceptors (Lipinski definition) is 4. The third-order valence-electron chi connectivity index (χ3n) is 1.57. The van der Waals surface area contributed by atoms with E-state index in [2.05, 4.69) is 5.16 Å². The van der Waals surface area contributed by atoms with Crippen LogP contribution in [0.2, 0.25) is 0 Å². The minimum atomic E-state index is 0.424. The SMILES string of the molecule is NCc1cc(-c2ccsc2)on1. The molecule has 0 aliphatic heterocycles. The van der Waals surface area contributed by atoms with Crippen LogP contribution in [0.4, 0.5) is 0 Å². The van der Waals surface area contributed by atoms with Crippen LogP contribution in [0.5, 0.6) is 0 Å². The first-order valence-electron chi connectivity index (χ1n) is 3.58. The molecule has 2 N–H and O–H groups in total. The predicted octanol–water partition coefficient (Wildman–Crippen LogP) is 1.86. The quantitative estimate of drug-likeness (QED) is 0.767. The van der Waals surface area contributed by atoms with Crippen molar-refractivity contribution in [3.8, 4) is 11.3 Å². The summed E-state index contributed by atoms with van der Waals surface area (Å²) in [5.74, 6) is 0.789. The fourth-order valence-electron chi connectivity index (χ4n) is 0.949. The van der Waals surface area contributed by atoms with Gasteiger partial charge in [-0.3, -0.25) is 0 Å². The Kier molecular flexibility index (Phi) is 1.93. The van der Waals surface area contributed by atoms with Gasteiger partial charge < -0.3 is 10.3 Å². The molecule has 0 aromatic carbocycles. The Morgan fingerprint density at radius 1 is 1.58 bits per heavy atom. The number of hydrogen-bond donors (Lipinski definition) is 1. The average Bonchev–Trinajstić information content (AvgIpc) is 2.75. The second-order valence-electron chi connectivity index (χ2n) is 2.40. The van der Waals surface area contributed by atoms with Crippen molar-refractivity contribution in [2.75, 3.05) is 0 Å². The van der Waals surface area contributed by atoms with Crippen LogP contribution in [0.15, 0.2) is 27.4 Å². The minimum absolute atomic E-state index is 0.424. The van der Waals surface area contributed by atoms with E-state index in [1.165, 1.54) is 0 Å². The monoisotopic (exact) mass is 180 g/mol. The molecule has 0 saturated heterocycles. The third kappa shape index (κ3) is 1.26. The average molecular weight is 180 g/mol. The van der Waals surface area contributed by atoms with Gasteiger partial charge in [-0.1, -0.05) is 5.16 Å². The Morgan fingerprint density at radius 2 is 2.50 bits per heavy atom. The van der Waals surface area contributed by atoms with Gasteiger partial charge in [-0.2, -0.15) is 11.3 Å². The standard InChI is InChI=1S/C8H8N2OS/c9-4-7-3-8(11-10-7)6-1-2-12-5-6/h1-3,5H,4,9H2. The lowest BCUT2D eigenvalue weighted by atomic mass is 10.2. The zero-order chi connectivity index (χ0) is 8.39. The molecule has 0 saturated carbocycles. The van der Waals surface area contributed by atoms with E-state index in [-0.39, 0.29) is 0 Å². The molecule has 0 atom stereocenters. The van der Waals surface area contributed by atoms with Crippen molar-refractivity contribution in [2.24, 2.45) is 5.73 Å². The molecular formula is C8H8N2OS. The number of nitrogens with two attached hydrogens (primary N) is 1. The molecule has 12 heavy (non-hydrogen) atoms. The highest BCUT2D eigenvalue weighted by Gasteiger charge is 2.04. The van der Waals surface area contributed by atoms with Crippen molar-refractivity contribution < 1.29 is 4.52 Å². The van der Waals surface area contributed by atoms with Crippen LogP contribution >= 0.6 is 11.3 Å². The van der Waals surface area contributed by atoms with E-state index >= 15 is 0 Å². The molecule has 0 aliphatic rings. The first kappa shape index (κ1) is 7.52. The highest BCUT2D eigenvalue weighted by Crippen LogP contribution is 2.22. The van der Waals surface area contributed by atoms with Gasteiger partial charge in [-0.15, -0.1) is 0 Å². The Labute approximate surface area is 73.8 Å². The zero-order valence-corrected chi connectivity index (χ0v) is 7.17. The summed E-state index contributed by atoms with van der Waals surface area (Å²) in [6.45, 7) is 0.424. The van der Waals surface area contributed by atoms with Crippen LogP contribution < -0.4 is 5.73 Å². The van der Waals surface area contributed by atoms with Gasteiger partial charge in [0.25, 0.3) is 0 Å².